The van der Waals surface area contributed by atoms with Crippen molar-refractivity contribution in [3.8, 4) is 0 Å². The van der Waals surface area contributed by atoms with E-state index in [0.29, 0.717) is 12.1 Å². The molecule has 1 aliphatic carbocycles. The van der Waals surface area contributed by atoms with Gasteiger partial charge >= 0.3 is 0 Å². The number of aryl methyl sites for hydroxylation is 1. The van der Waals surface area contributed by atoms with Gasteiger partial charge in [0, 0.05) is 24.8 Å². The molecule has 3 rings (SSSR count). The molecule has 1 aromatic heterocycles. The SMILES string of the molecule is Cc1cccc(CCNC(=O)c2ccc(=O)n(CC(=O)NC3CCCC3)c2)c1. The van der Waals surface area contributed by atoms with Gasteiger partial charge in [-0.1, -0.05) is 42.7 Å². The third-order valence-corrected chi connectivity index (χ3v) is 5.06. The van der Waals surface area contributed by atoms with Gasteiger partial charge in [0.2, 0.25) is 5.91 Å². The maximum Gasteiger partial charge on any atom is 0.252 e. The molecule has 2 aromatic rings. The predicted octanol–water partition coefficient (Wildman–Crippen LogP) is 2.19. The van der Waals surface area contributed by atoms with Crippen LogP contribution in [0.2, 0.25) is 0 Å². The average Bonchev–Trinajstić information content (AvgIpc) is 3.16. The summed E-state index contributed by atoms with van der Waals surface area (Å²) >= 11 is 0. The summed E-state index contributed by atoms with van der Waals surface area (Å²) in [6.07, 6.45) is 6.43. The summed E-state index contributed by atoms with van der Waals surface area (Å²) in [5, 5.41) is 5.83. The number of hydrogen-bond acceptors (Lipinski definition) is 3. The first-order chi connectivity index (χ1) is 13.5. The van der Waals surface area contributed by atoms with Crippen molar-refractivity contribution in [2.45, 2.75) is 51.6 Å². The number of nitrogens with zero attached hydrogens (tertiary/aromatic N) is 1. The Morgan fingerprint density at radius 3 is 2.68 bits per heavy atom. The molecule has 1 heterocycles. The lowest BCUT2D eigenvalue weighted by Crippen LogP contribution is -2.37. The van der Waals surface area contributed by atoms with Crippen molar-refractivity contribution in [3.05, 3.63) is 69.6 Å². The van der Waals surface area contributed by atoms with Crippen molar-refractivity contribution in [2.24, 2.45) is 0 Å². The number of pyridine rings is 1. The van der Waals surface area contributed by atoms with E-state index in [1.807, 2.05) is 25.1 Å². The van der Waals surface area contributed by atoms with Gasteiger partial charge < -0.3 is 15.2 Å². The normalized spacial score (nSPS) is 14.0. The van der Waals surface area contributed by atoms with Crippen molar-refractivity contribution in [2.75, 3.05) is 6.54 Å². The third kappa shape index (κ3) is 5.55. The maximum absolute atomic E-state index is 12.4. The van der Waals surface area contributed by atoms with Crippen molar-refractivity contribution >= 4 is 11.8 Å². The van der Waals surface area contributed by atoms with Gasteiger partial charge in [-0.3, -0.25) is 14.4 Å². The second kappa shape index (κ2) is 9.35. The minimum atomic E-state index is -0.294. The molecule has 2 amide bonds. The number of aromatic nitrogens is 1. The minimum absolute atomic E-state index is 0.0697. The van der Waals surface area contributed by atoms with Gasteiger partial charge in [-0.15, -0.1) is 0 Å². The fraction of sp³-hybridized carbons (Fsp3) is 0.409. The van der Waals surface area contributed by atoms with E-state index in [1.165, 1.54) is 28.5 Å². The van der Waals surface area contributed by atoms with Gasteiger partial charge in [0.1, 0.15) is 6.54 Å². The number of carbonyl (C=O) groups is 2. The zero-order valence-corrected chi connectivity index (χ0v) is 16.2. The zero-order valence-electron chi connectivity index (χ0n) is 16.2. The van der Waals surface area contributed by atoms with E-state index in [4.69, 9.17) is 0 Å². The molecule has 0 aliphatic heterocycles. The Balaban J connectivity index is 1.56. The lowest BCUT2D eigenvalue weighted by atomic mass is 10.1. The molecular weight excluding hydrogens is 354 g/mol. The maximum atomic E-state index is 12.4. The fourth-order valence-corrected chi connectivity index (χ4v) is 3.58. The monoisotopic (exact) mass is 381 g/mol. The smallest absolute Gasteiger partial charge is 0.252 e. The van der Waals surface area contributed by atoms with E-state index in [9.17, 15) is 14.4 Å². The van der Waals surface area contributed by atoms with Crippen LogP contribution in [0.15, 0.2) is 47.4 Å². The molecule has 0 spiro atoms. The van der Waals surface area contributed by atoms with Crippen molar-refractivity contribution in [1.82, 2.24) is 15.2 Å². The van der Waals surface area contributed by atoms with Gasteiger partial charge in [-0.2, -0.15) is 0 Å². The van der Waals surface area contributed by atoms with Crippen LogP contribution < -0.4 is 16.2 Å². The molecule has 0 atom stereocenters. The van der Waals surface area contributed by atoms with E-state index >= 15 is 0 Å². The molecule has 2 N–H and O–H groups in total. The Labute approximate surface area is 165 Å². The van der Waals surface area contributed by atoms with Crippen LogP contribution in [-0.4, -0.2) is 29.0 Å². The van der Waals surface area contributed by atoms with Crippen molar-refractivity contribution < 1.29 is 9.59 Å². The summed E-state index contributed by atoms with van der Waals surface area (Å²) in [5.41, 5.74) is 2.43. The van der Waals surface area contributed by atoms with Gasteiger partial charge in [0.25, 0.3) is 11.5 Å². The molecule has 0 bridgehead atoms. The largest absolute Gasteiger partial charge is 0.352 e. The Kier molecular flexibility index (Phi) is 6.63. The number of benzene rings is 1. The molecule has 1 fully saturated rings. The van der Waals surface area contributed by atoms with Crippen LogP contribution in [0.1, 0.15) is 47.2 Å². The van der Waals surface area contributed by atoms with Crippen molar-refractivity contribution in [3.63, 3.8) is 0 Å². The molecule has 6 nitrogen and oxygen atoms in total. The Morgan fingerprint density at radius 2 is 1.93 bits per heavy atom. The highest BCUT2D eigenvalue weighted by atomic mass is 16.2. The second-order valence-electron chi connectivity index (χ2n) is 7.43. The molecule has 0 saturated heterocycles. The average molecular weight is 381 g/mol. The van der Waals surface area contributed by atoms with Crippen LogP contribution in [0.4, 0.5) is 0 Å². The third-order valence-electron chi connectivity index (χ3n) is 5.06. The van der Waals surface area contributed by atoms with E-state index in [1.54, 1.807) is 0 Å². The lowest BCUT2D eigenvalue weighted by molar-refractivity contribution is -0.122. The van der Waals surface area contributed by atoms with Crippen LogP contribution in [0.3, 0.4) is 0 Å². The number of hydrogen-bond donors (Lipinski definition) is 2. The van der Waals surface area contributed by atoms with E-state index < -0.39 is 0 Å². The van der Waals surface area contributed by atoms with Crippen molar-refractivity contribution in [1.29, 1.82) is 0 Å². The quantitative estimate of drug-likeness (QED) is 0.772. The number of amides is 2. The minimum Gasteiger partial charge on any atom is -0.352 e. The van der Waals surface area contributed by atoms with E-state index in [-0.39, 0.29) is 30.0 Å². The zero-order chi connectivity index (χ0) is 19.9. The Bertz CT molecular complexity index is 898. The fourth-order valence-electron chi connectivity index (χ4n) is 3.58. The summed E-state index contributed by atoms with van der Waals surface area (Å²) < 4.78 is 1.29. The molecule has 148 valence electrons. The summed E-state index contributed by atoms with van der Waals surface area (Å²) in [7, 11) is 0. The van der Waals surface area contributed by atoms with Crippen LogP contribution in [0.5, 0.6) is 0 Å². The Hall–Kier alpha value is -2.89. The number of carbonyl (C=O) groups excluding carboxylic acids is 2. The first-order valence-corrected chi connectivity index (χ1v) is 9.85. The highest BCUT2D eigenvalue weighted by Crippen LogP contribution is 2.17. The summed E-state index contributed by atoms with van der Waals surface area (Å²) in [6, 6.07) is 11.2. The molecule has 0 unspecified atom stereocenters. The predicted molar refractivity (Wildman–Crippen MR) is 108 cm³/mol. The van der Waals surface area contributed by atoms with Crippen LogP contribution >= 0.6 is 0 Å². The van der Waals surface area contributed by atoms with Gasteiger partial charge in [0.15, 0.2) is 0 Å². The van der Waals surface area contributed by atoms with Gasteiger partial charge in [-0.05, 0) is 37.8 Å². The molecule has 6 heteroatoms. The lowest BCUT2D eigenvalue weighted by Gasteiger charge is -2.13. The first kappa shape index (κ1) is 19.9. The molecule has 0 radical (unpaired) electrons. The summed E-state index contributed by atoms with van der Waals surface area (Å²) in [5.74, 6) is -0.441. The van der Waals surface area contributed by atoms with Crippen LogP contribution in [0, 0.1) is 6.92 Å². The highest BCUT2D eigenvalue weighted by molar-refractivity contribution is 5.93. The molecule has 1 aliphatic rings. The van der Waals surface area contributed by atoms with Crippen LogP contribution in [0.25, 0.3) is 0 Å². The summed E-state index contributed by atoms with van der Waals surface area (Å²) in [4.78, 5) is 36.6. The molecule has 28 heavy (non-hydrogen) atoms. The standard InChI is InChI=1S/C22H27N3O3/c1-16-5-4-6-17(13-16)11-12-23-22(28)18-9-10-21(27)25(14-18)15-20(26)24-19-7-2-3-8-19/h4-6,9-10,13-14,19H,2-3,7-8,11-12,15H2,1H3,(H,23,28)(H,24,26). The van der Waals surface area contributed by atoms with Crippen LogP contribution in [-0.2, 0) is 17.8 Å². The second-order valence-corrected chi connectivity index (χ2v) is 7.43. The molecular formula is C22H27N3O3. The van der Waals surface area contributed by atoms with E-state index in [0.717, 1.165) is 37.7 Å². The molecule has 1 aromatic carbocycles. The Morgan fingerprint density at radius 1 is 1.14 bits per heavy atom. The molecule has 1 saturated carbocycles. The highest BCUT2D eigenvalue weighted by Gasteiger charge is 2.17. The first-order valence-electron chi connectivity index (χ1n) is 9.85. The van der Waals surface area contributed by atoms with Gasteiger partial charge in [-0.25, -0.2) is 0 Å². The topological polar surface area (TPSA) is 80.2 Å². The summed E-state index contributed by atoms with van der Waals surface area (Å²) in [6.45, 7) is 2.47. The van der Waals surface area contributed by atoms with Gasteiger partial charge in [0.05, 0.1) is 5.56 Å². The van der Waals surface area contributed by atoms with E-state index in [2.05, 4.69) is 16.7 Å². The number of nitrogens with one attached hydrogen (secondary N) is 2. The number of rotatable bonds is 7.